The Kier molecular flexibility index (Phi) is 6.04. The maximum absolute atomic E-state index is 13.7. The molecule has 0 saturated carbocycles. The topological polar surface area (TPSA) is 36.8 Å². The van der Waals surface area contributed by atoms with Crippen LogP contribution in [0.25, 0.3) is 0 Å². The summed E-state index contributed by atoms with van der Waals surface area (Å²) in [6.07, 6.45) is 0. The highest BCUT2D eigenvalue weighted by molar-refractivity contribution is 6.30. The molecule has 1 heterocycles. The predicted molar refractivity (Wildman–Crippen MR) is 94.1 cm³/mol. The molecule has 1 saturated heterocycles. The highest BCUT2D eigenvalue weighted by Gasteiger charge is 2.28. The summed E-state index contributed by atoms with van der Waals surface area (Å²) in [7, 11) is 0. The van der Waals surface area contributed by atoms with Gasteiger partial charge in [-0.05, 0) is 18.2 Å². The minimum absolute atomic E-state index is 0.164. The number of amides is 1. The van der Waals surface area contributed by atoms with Crippen molar-refractivity contribution in [1.29, 1.82) is 0 Å². The molecule has 0 aromatic heterocycles. The predicted octanol–water partition coefficient (Wildman–Crippen LogP) is 2.38. The average molecular weight is 421 g/mol. The first-order valence-electron chi connectivity index (χ1n) is 8.43. The van der Waals surface area contributed by atoms with Gasteiger partial charge in [-0.2, -0.15) is 0 Å². The van der Waals surface area contributed by atoms with Crippen LogP contribution in [0.4, 0.5) is 33.3 Å². The van der Waals surface area contributed by atoms with Gasteiger partial charge < -0.3 is 15.1 Å². The maximum Gasteiger partial charge on any atom is 0.279 e. The van der Waals surface area contributed by atoms with E-state index in [0.717, 1.165) is 10.6 Å². The standard InChI is InChI=1S/C18H15ClF5N3O/c19-10-2-1-3-11(8-10)27-6-4-26(5-7-27)9-12(28)25-18-16(23)14(21)13(20)15(22)17(18)24/h1-3,8H,4-7,9H2,(H,25,28)/p+1. The molecule has 1 aliphatic heterocycles. The summed E-state index contributed by atoms with van der Waals surface area (Å²) in [5, 5.41) is 2.40. The van der Waals surface area contributed by atoms with E-state index in [1.54, 1.807) is 11.4 Å². The van der Waals surface area contributed by atoms with E-state index in [2.05, 4.69) is 4.90 Å². The van der Waals surface area contributed by atoms with Crippen molar-refractivity contribution in [2.45, 2.75) is 0 Å². The van der Waals surface area contributed by atoms with Gasteiger partial charge in [0.15, 0.2) is 29.8 Å². The fraction of sp³-hybridized carbons (Fsp3) is 0.278. The zero-order valence-corrected chi connectivity index (χ0v) is 15.2. The third kappa shape index (κ3) is 4.20. The van der Waals surface area contributed by atoms with Crippen LogP contribution in [-0.4, -0.2) is 38.6 Å². The molecule has 28 heavy (non-hydrogen) atoms. The van der Waals surface area contributed by atoms with Gasteiger partial charge in [-0.15, -0.1) is 0 Å². The number of anilines is 2. The minimum Gasteiger partial charge on any atom is -0.360 e. The first-order chi connectivity index (χ1) is 13.3. The van der Waals surface area contributed by atoms with E-state index in [4.69, 9.17) is 11.6 Å². The average Bonchev–Trinajstić information content (AvgIpc) is 2.69. The molecule has 0 atom stereocenters. The number of halogens is 6. The lowest BCUT2D eigenvalue weighted by Crippen LogP contribution is -3.15. The molecular formula is C18H16ClF5N3O+. The molecular weight excluding hydrogens is 405 g/mol. The Hall–Kier alpha value is -2.39. The number of nitrogens with one attached hydrogen (secondary N) is 2. The van der Waals surface area contributed by atoms with Crippen molar-refractivity contribution in [2.75, 3.05) is 42.9 Å². The van der Waals surface area contributed by atoms with Gasteiger partial charge in [-0.1, -0.05) is 17.7 Å². The van der Waals surface area contributed by atoms with Crippen LogP contribution in [0.3, 0.4) is 0 Å². The van der Waals surface area contributed by atoms with E-state index in [9.17, 15) is 26.7 Å². The molecule has 2 aromatic carbocycles. The number of carbonyl (C=O) groups is 1. The van der Waals surface area contributed by atoms with Crippen LogP contribution in [0.5, 0.6) is 0 Å². The molecule has 1 amide bonds. The fourth-order valence-corrected chi connectivity index (χ4v) is 3.24. The van der Waals surface area contributed by atoms with Crippen molar-refractivity contribution < 1.29 is 31.6 Å². The van der Waals surface area contributed by atoms with Gasteiger partial charge in [0.05, 0.1) is 26.2 Å². The molecule has 150 valence electrons. The van der Waals surface area contributed by atoms with E-state index in [-0.39, 0.29) is 6.54 Å². The molecule has 0 aliphatic carbocycles. The zero-order valence-electron chi connectivity index (χ0n) is 14.5. The molecule has 0 bridgehead atoms. The number of nitrogens with zero attached hydrogens (tertiary/aromatic N) is 1. The molecule has 0 radical (unpaired) electrons. The zero-order chi connectivity index (χ0) is 20.4. The summed E-state index contributed by atoms with van der Waals surface area (Å²) in [5.74, 6) is -11.4. The smallest absolute Gasteiger partial charge is 0.279 e. The lowest BCUT2D eigenvalue weighted by molar-refractivity contribution is -0.892. The van der Waals surface area contributed by atoms with E-state index in [1.165, 1.54) is 0 Å². The monoisotopic (exact) mass is 420 g/mol. The van der Waals surface area contributed by atoms with Crippen LogP contribution in [0.15, 0.2) is 24.3 Å². The molecule has 3 rings (SSSR count). The van der Waals surface area contributed by atoms with Crippen molar-refractivity contribution in [2.24, 2.45) is 0 Å². The highest BCUT2D eigenvalue weighted by Crippen LogP contribution is 2.27. The van der Waals surface area contributed by atoms with Gasteiger partial charge in [0.1, 0.15) is 5.69 Å². The first-order valence-corrected chi connectivity index (χ1v) is 8.81. The Balaban J connectivity index is 1.60. The fourth-order valence-electron chi connectivity index (χ4n) is 3.06. The second kappa shape index (κ2) is 8.32. The van der Waals surface area contributed by atoms with E-state index in [1.807, 2.05) is 18.2 Å². The SMILES string of the molecule is O=C(C[NH+]1CCN(c2cccc(Cl)c2)CC1)Nc1c(F)c(F)c(F)c(F)c1F. The first kappa shape index (κ1) is 20.3. The van der Waals surface area contributed by atoms with Crippen LogP contribution in [0.2, 0.25) is 5.02 Å². The number of benzene rings is 2. The van der Waals surface area contributed by atoms with Gasteiger partial charge in [0.2, 0.25) is 5.82 Å². The maximum atomic E-state index is 13.7. The molecule has 10 heteroatoms. The largest absolute Gasteiger partial charge is 0.360 e. The van der Waals surface area contributed by atoms with Crippen LogP contribution in [0.1, 0.15) is 0 Å². The van der Waals surface area contributed by atoms with Gasteiger partial charge in [-0.25, -0.2) is 22.0 Å². The van der Waals surface area contributed by atoms with Crippen molar-refractivity contribution in [3.8, 4) is 0 Å². The Bertz CT molecular complexity index is 874. The van der Waals surface area contributed by atoms with Crippen LogP contribution in [-0.2, 0) is 4.79 Å². The van der Waals surface area contributed by atoms with Crippen molar-refractivity contribution >= 4 is 28.9 Å². The lowest BCUT2D eigenvalue weighted by atomic mass is 10.2. The minimum atomic E-state index is -2.27. The molecule has 1 fully saturated rings. The van der Waals surface area contributed by atoms with Crippen LogP contribution < -0.4 is 15.1 Å². The van der Waals surface area contributed by atoms with Crippen LogP contribution >= 0.6 is 11.6 Å². The number of quaternary nitrogens is 1. The molecule has 2 N–H and O–H groups in total. The summed E-state index contributed by atoms with van der Waals surface area (Å²) in [4.78, 5) is 15.0. The summed E-state index contributed by atoms with van der Waals surface area (Å²) in [6.45, 7) is 2.17. The van der Waals surface area contributed by atoms with Gasteiger partial charge >= 0.3 is 0 Å². The Labute approximate surface area is 162 Å². The number of rotatable bonds is 4. The quantitative estimate of drug-likeness (QED) is 0.453. The Morgan fingerprint density at radius 1 is 1.00 bits per heavy atom. The summed E-state index contributed by atoms with van der Waals surface area (Å²) < 4.78 is 66.8. The van der Waals surface area contributed by atoms with E-state index >= 15 is 0 Å². The van der Waals surface area contributed by atoms with E-state index < -0.39 is 40.7 Å². The van der Waals surface area contributed by atoms with Gasteiger partial charge in [0, 0.05) is 10.7 Å². The second-order valence-corrected chi connectivity index (χ2v) is 6.82. The number of hydrogen-bond acceptors (Lipinski definition) is 2. The summed E-state index contributed by atoms with van der Waals surface area (Å²) in [5.41, 5.74) is -0.393. The summed E-state index contributed by atoms with van der Waals surface area (Å²) in [6, 6.07) is 7.32. The number of piperazine rings is 1. The highest BCUT2D eigenvalue weighted by atomic mass is 35.5. The number of hydrogen-bond donors (Lipinski definition) is 2. The molecule has 1 aliphatic rings. The van der Waals surface area contributed by atoms with Crippen molar-refractivity contribution in [3.63, 3.8) is 0 Å². The Morgan fingerprint density at radius 3 is 2.14 bits per heavy atom. The third-order valence-corrected chi connectivity index (χ3v) is 4.76. The molecule has 2 aromatic rings. The normalized spacial score (nSPS) is 15.0. The molecule has 0 spiro atoms. The lowest BCUT2D eigenvalue weighted by Gasteiger charge is -2.33. The second-order valence-electron chi connectivity index (χ2n) is 6.39. The van der Waals surface area contributed by atoms with Gasteiger partial charge in [-0.3, -0.25) is 4.79 Å². The van der Waals surface area contributed by atoms with E-state index in [0.29, 0.717) is 31.2 Å². The van der Waals surface area contributed by atoms with Gasteiger partial charge in [0.25, 0.3) is 5.91 Å². The molecule has 0 unspecified atom stereocenters. The number of carbonyl (C=O) groups excluding carboxylic acids is 1. The molecule has 4 nitrogen and oxygen atoms in total. The van der Waals surface area contributed by atoms with Crippen molar-refractivity contribution in [1.82, 2.24) is 0 Å². The van der Waals surface area contributed by atoms with Crippen LogP contribution in [0, 0.1) is 29.1 Å². The van der Waals surface area contributed by atoms with Crippen molar-refractivity contribution in [3.05, 3.63) is 58.4 Å². The summed E-state index contributed by atoms with van der Waals surface area (Å²) >= 11 is 5.97. The Morgan fingerprint density at radius 2 is 1.57 bits per heavy atom. The third-order valence-electron chi connectivity index (χ3n) is 4.53.